The number of benzene rings is 1. The minimum absolute atomic E-state index is 0.0708. The number of aromatic nitrogens is 2. The third kappa shape index (κ3) is 3.47. The van der Waals surface area contributed by atoms with E-state index in [-0.39, 0.29) is 11.0 Å². The van der Waals surface area contributed by atoms with Gasteiger partial charge in [0.15, 0.2) is 5.76 Å². The molecule has 2 aromatic heterocycles. The minimum Gasteiger partial charge on any atom is -0.497 e. The Bertz CT molecular complexity index is 1080. The van der Waals surface area contributed by atoms with Crippen LogP contribution in [-0.2, 0) is 10.0 Å². The van der Waals surface area contributed by atoms with Gasteiger partial charge in [0.1, 0.15) is 22.4 Å². The molecule has 28 heavy (non-hydrogen) atoms. The zero-order valence-electron chi connectivity index (χ0n) is 15.8. The van der Waals surface area contributed by atoms with Gasteiger partial charge in [-0.3, -0.25) is 0 Å². The van der Waals surface area contributed by atoms with Crippen molar-refractivity contribution in [3.8, 4) is 10.9 Å². The molecule has 1 aliphatic heterocycles. The average molecular weight is 424 g/mol. The van der Waals surface area contributed by atoms with Crippen molar-refractivity contribution in [2.45, 2.75) is 37.7 Å². The van der Waals surface area contributed by atoms with Crippen LogP contribution in [0.15, 0.2) is 27.6 Å². The molecular weight excluding hydrogens is 402 g/mol. The van der Waals surface area contributed by atoms with E-state index < -0.39 is 10.0 Å². The molecule has 0 N–H and O–H groups in total. The quantitative estimate of drug-likeness (QED) is 0.622. The van der Waals surface area contributed by atoms with Crippen LogP contribution < -0.4 is 9.47 Å². The standard InChI is InChI=1S/C18H21N3O5S2/c1-11-17(12(2)26-20-11)28(22,23)21-8-6-13(7-9-21)25-18-19-15-10-14(24-3)4-5-16(15)27-18/h4-5,10,13H,6-9H2,1-3H3. The van der Waals surface area contributed by atoms with E-state index in [1.54, 1.807) is 21.0 Å². The van der Waals surface area contributed by atoms with Crippen LogP contribution in [-0.4, -0.2) is 49.2 Å². The highest BCUT2D eigenvalue weighted by Crippen LogP contribution is 2.32. The Kier molecular flexibility index (Phi) is 5.02. The number of rotatable bonds is 5. The highest BCUT2D eigenvalue weighted by molar-refractivity contribution is 7.89. The van der Waals surface area contributed by atoms with Crippen LogP contribution in [0.25, 0.3) is 10.2 Å². The van der Waals surface area contributed by atoms with E-state index in [0.717, 1.165) is 16.0 Å². The molecule has 1 aliphatic rings. The molecule has 4 rings (SSSR count). The van der Waals surface area contributed by atoms with Gasteiger partial charge in [0.25, 0.3) is 5.19 Å². The fourth-order valence-electron chi connectivity index (χ4n) is 3.37. The lowest BCUT2D eigenvalue weighted by Crippen LogP contribution is -2.42. The minimum atomic E-state index is -3.61. The van der Waals surface area contributed by atoms with Crippen molar-refractivity contribution in [3.63, 3.8) is 0 Å². The molecule has 0 spiro atoms. The molecule has 0 unspecified atom stereocenters. The first-order chi connectivity index (χ1) is 13.4. The van der Waals surface area contributed by atoms with E-state index in [4.69, 9.17) is 14.0 Å². The van der Waals surface area contributed by atoms with Crippen LogP contribution >= 0.6 is 11.3 Å². The fourth-order valence-corrected chi connectivity index (χ4v) is 5.99. The smallest absolute Gasteiger partial charge is 0.274 e. The van der Waals surface area contributed by atoms with Crippen LogP contribution in [0.4, 0.5) is 0 Å². The number of hydrogen-bond donors (Lipinski definition) is 0. The largest absolute Gasteiger partial charge is 0.497 e. The maximum Gasteiger partial charge on any atom is 0.274 e. The second kappa shape index (κ2) is 7.34. The van der Waals surface area contributed by atoms with Gasteiger partial charge in [-0.25, -0.2) is 13.4 Å². The number of aryl methyl sites for hydroxylation is 2. The number of thiazole rings is 1. The molecular formula is C18H21N3O5S2. The summed E-state index contributed by atoms with van der Waals surface area (Å²) in [6, 6.07) is 5.72. The van der Waals surface area contributed by atoms with Crippen LogP contribution in [0.1, 0.15) is 24.3 Å². The van der Waals surface area contributed by atoms with Crippen molar-refractivity contribution >= 4 is 31.6 Å². The highest BCUT2D eigenvalue weighted by Gasteiger charge is 2.34. The second-order valence-corrected chi connectivity index (χ2v) is 9.56. The van der Waals surface area contributed by atoms with Gasteiger partial charge in [-0.2, -0.15) is 4.31 Å². The van der Waals surface area contributed by atoms with Gasteiger partial charge in [0, 0.05) is 19.2 Å². The zero-order valence-corrected chi connectivity index (χ0v) is 17.5. The molecule has 0 saturated carbocycles. The van der Waals surface area contributed by atoms with E-state index in [2.05, 4.69) is 10.1 Å². The van der Waals surface area contributed by atoms with E-state index in [0.29, 0.717) is 42.6 Å². The lowest BCUT2D eigenvalue weighted by atomic mass is 10.1. The molecule has 0 aliphatic carbocycles. The number of methoxy groups -OCH3 is 1. The van der Waals surface area contributed by atoms with Gasteiger partial charge >= 0.3 is 0 Å². The molecule has 1 saturated heterocycles. The Morgan fingerprint density at radius 1 is 1.25 bits per heavy atom. The summed E-state index contributed by atoms with van der Waals surface area (Å²) in [4.78, 5) is 4.68. The van der Waals surface area contributed by atoms with E-state index in [1.165, 1.54) is 15.6 Å². The Morgan fingerprint density at radius 2 is 2.00 bits per heavy atom. The van der Waals surface area contributed by atoms with Gasteiger partial charge in [-0.15, -0.1) is 0 Å². The maximum absolute atomic E-state index is 12.9. The van der Waals surface area contributed by atoms with Gasteiger partial charge in [-0.05, 0) is 38.8 Å². The van der Waals surface area contributed by atoms with Crippen molar-refractivity contribution in [1.29, 1.82) is 0 Å². The Morgan fingerprint density at radius 3 is 2.64 bits per heavy atom. The molecule has 0 bridgehead atoms. The summed E-state index contributed by atoms with van der Waals surface area (Å²) in [6.07, 6.45) is 1.13. The van der Waals surface area contributed by atoms with Crippen molar-refractivity contribution in [2.24, 2.45) is 0 Å². The fraction of sp³-hybridized carbons (Fsp3) is 0.444. The normalized spacial score (nSPS) is 16.5. The lowest BCUT2D eigenvalue weighted by Gasteiger charge is -2.30. The molecule has 3 heterocycles. The van der Waals surface area contributed by atoms with Crippen LogP contribution in [0.3, 0.4) is 0 Å². The number of ether oxygens (including phenoxy) is 2. The van der Waals surface area contributed by atoms with Crippen LogP contribution in [0, 0.1) is 13.8 Å². The zero-order chi connectivity index (χ0) is 19.9. The second-order valence-electron chi connectivity index (χ2n) is 6.69. The summed E-state index contributed by atoms with van der Waals surface area (Å²) in [5.41, 5.74) is 1.22. The van der Waals surface area contributed by atoms with E-state index in [1.807, 2.05) is 18.2 Å². The SMILES string of the molecule is COc1ccc2sc(OC3CCN(S(=O)(=O)c4c(C)noc4C)CC3)nc2c1. The Balaban J connectivity index is 1.43. The maximum atomic E-state index is 12.9. The topological polar surface area (TPSA) is 94.8 Å². The number of nitrogens with zero attached hydrogens (tertiary/aromatic N) is 3. The summed E-state index contributed by atoms with van der Waals surface area (Å²) in [5, 5.41) is 4.35. The average Bonchev–Trinajstić information content (AvgIpc) is 3.23. The number of fused-ring (bicyclic) bond motifs is 1. The van der Waals surface area contributed by atoms with Gasteiger partial charge in [0.05, 0.1) is 17.3 Å². The van der Waals surface area contributed by atoms with E-state index in [9.17, 15) is 8.42 Å². The molecule has 3 aromatic rings. The molecule has 0 amide bonds. The molecule has 0 radical (unpaired) electrons. The van der Waals surface area contributed by atoms with Crippen LogP contribution in [0.2, 0.25) is 0 Å². The molecule has 0 atom stereocenters. The monoisotopic (exact) mass is 423 g/mol. The molecule has 1 aromatic carbocycles. The predicted molar refractivity (Wildman–Crippen MR) is 105 cm³/mol. The third-order valence-corrected chi connectivity index (χ3v) is 7.88. The Hall–Kier alpha value is -2.17. The van der Waals surface area contributed by atoms with Crippen molar-refractivity contribution in [1.82, 2.24) is 14.4 Å². The van der Waals surface area contributed by atoms with Gasteiger partial charge in [-0.1, -0.05) is 16.5 Å². The van der Waals surface area contributed by atoms with Crippen molar-refractivity contribution in [3.05, 3.63) is 29.7 Å². The molecule has 8 nitrogen and oxygen atoms in total. The van der Waals surface area contributed by atoms with Crippen LogP contribution in [0.5, 0.6) is 10.9 Å². The molecule has 150 valence electrons. The summed E-state index contributed by atoms with van der Waals surface area (Å²) in [6.45, 7) is 4.03. The number of hydrogen-bond acceptors (Lipinski definition) is 8. The van der Waals surface area contributed by atoms with Gasteiger partial charge in [0.2, 0.25) is 10.0 Å². The van der Waals surface area contributed by atoms with Crippen molar-refractivity contribution < 1.29 is 22.4 Å². The van der Waals surface area contributed by atoms with Crippen molar-refractivity contribution in [2.75, 3.05) is 20.2 Å². The summed E-state index contributed by atoms with van der Waals surface area (Å²) in [7, 11) is -1.99. The Labute approximate surface area is 167 Å². The first-order valence-corrected chi connectivity index (χ1v) is 11.2. The molecule has 1 fully saturated rings. The first-order valence-electron chi connectivity index (χ1n) is 8.92. The lowest BCUT2D eigenvalue weighted by molar-refractivity contribution is 0.135. The highest BCUT2D eigenvalue weighted by atomic mass is 32.2. The predicted octanol–water partition coefficient (Wildman–Crippen LogP) is 3.14. The first kappa shape index (κ1) is 19.2. The summed E-state index contributed by atoms with van der Waals surface area (Å²) < 4.78 is 44.6. The third-order valence-electron chi connectivity index (χ3n) is 4.81. The number of piperidine rings is 1. The number of sulfonamides is 1. The summed E-state index contributed by atoms with van der Waals surface area (Å²) >= 11 is 1.48. The van der Waals surface area contributed by atoms with E-state index >= 15 is 0 Å². The molecule has 10 heteroatoms. The van der Waals surface area contributed by atoms with Gasteiger partial charge < -0.3 is 14.0 Å². The summed E-state index contributed by atoms with van der Waals surface area (Å²) in [5.74, 6) is 1.07.